The van der Waals surface area contributed by atoms with E-state index < -0.39 is 53.3 Å². The monoisotopic (exact) mass is 1190 g/mol. The predicted molar refractivity (Wildman–Crippen MR) is 317 cm³/mol. The Kier molecular flexibility index (Phi) is 18.5. The first-order valence-electron chi connectivity index (χ1n) is 28.2. The number of fused-ring (bicyclic) bond motifs is 5. The Bertz CT molecular complexity index is 3950. The van der Waals surface area contributed by atoms with Crippen LogP contribution in [0.25, 0.3) is 33.2 Å². The Balaban J connectivity index is 0.955. The number of aryl methyl sites for hydroxylation is 4. The molecule has 0 spiro atoms. The zero-order valence-electron chi connectivity index (χ0n) is 49.4. The number of primary amides is 2. The number of rotatable bonds is 25. The van der Waals surface area contributed by atoms with Crippen molar-refractivity contribution in [3.63, 3.8) is 0 Å². The van der Waals surface area contributed by atoms with Gasteiger partial charge < -0.3 is 58.4 Å². The number of hydrogen-bond donors (Lipinski definition) is 5. The standard InChI is InChI=1S/C62H67N11O14/c1-9-42-52(85-33(3)65-42)56(77)70-59-67-45-28-35(54(63)75)30-47(81-8)50(45)72(59)24-15-16-25-73-51-46(68-60(73)71-57(78)53-43(10-2)66-34(4)86-53)29-36(55(64)76)31-48(51)82-26-17-27-83-58(79)44(22-23-49(74)87-62(5,6)7)69-61(80)84-32-41-39-20-13-11-18-37(39)38-19-12-14-21-40(38)41/h11-16,18-21,28-31,41,44H,9-10,17,22-27,32H2,1-8H3,(H2,63,75)(H2,64,76)(H,69,80)(H,67,70,77)(H,68,71,78)/b16-15+/t44-/m1/s1. The Morgan fingerprint density at radius 3 is 1.69 bits per heavy atom. The van der Waals surface area contributed by atoms with Crippen LogP contribution in [0.3, 0.4) is 0 Å². The van der Waals surface area contributed by atoms with E-state index >= 15 is 0 Å². The third-order valence-electron chi connectivity index (χ3n) is 14.1. The first-order valence-corrected chi connectivity index (χ1v) is 28.2. The number of nitrogens with zero attached hydrogens (tertiary/aromatic N) is 6. The van der Waals surface area contributed by atoms with Gasteiger partial charge in [0.15, 0.2) is 11.8 Å². The SMILES string of the molecule is CCc1nc(C)oc1C(=O)Nc1nc2cc(C(N)=O)cc(OC)c2n1C/C=C/Cn1c(NC(=O)c2oc(C)nc2CC)nc2cc(C(N)=O)cc(OCCCOC(=O)[C@@H](CCC(=O)OC(C)(C)C)NC(=O)OCC3c4ccccc4-c4ccccc43)c21. The van der Waals surface area contributed by atoms with Gasteiger partial charge in [-0.25, -0.2) is 29.5 Å². The van der Waals surface area contributed by atoms with Crippen molar-refractivity contribution < 1.29 is 66.1 Å². The van der Waals surface area contributed by atoms with Gasteiger partial charge in [0.25, 0.3) is 11.8 Å². The molecule has 454 valence electrons. The number of imidazole rings is 2. The lowest BCUT2D eigenvalue weighted by Gasteiger charge is -2.21. The molecule has 0 unspecified atom stereocenters. The number of carbonyl (C=O) groups is 7. The van der Waals surface area contributed by atoms with E-state index in [0.29, 0.717) is 41.2 Å². The highest BCUT2D eigenvalue weighted by Crippen LogP contribution is 2.44. The molecule has 0 radical (unpaired) electrons. The van der Waals surface area contributed by atoms with Crippen molar-refractivity contribution in [2.45, 2.75) is 111 Å². The highest BCUT2D eigenvalue weighted by molar-refractivity contribution is 6.05. The van der Waals surface area contributed by atoms with Crippen molar-refractivity contribution in [2.75, 3.05) is 37.6 Å². The van der Waals surface area contributed by atoms with Gasteiger partial charge >= 0.3 is 18.0 Å². The lowest BCUT2D eigenvalue weighted by Crippen LogP contribution is -2.43. The average Bonchev–Trinajstić information content (AvgIpc) is 1.81. The Hall–Kier alpha value is -10.3. The number of methoxy groups -OCH3 is 1. The van der Waals surface area contributed by atoms with E-state index in [4.69, 9.17) is 49.0 Å². The van der Waals surface area contributed by atoms with Crippen LogP contribution in [0.5, 0.6) is 11.5 Å². The number of carbonyl (C=O) groups excluding carboxylic acids is 7. The molecule has 25 heteroatoms. The number of oxazole rings is 2. The minimum atomic E-state index is -1.31. The summed E-state index contributed by atoms with van der Waals surface area (Å²) in [6.07, 6.45) is 3.09. The average molecular weight is 1190 g/mol. The van der Waals surface area contributed by atoms with E-state index in [1.807, 2.05) is 62.4 Å². The van der Waals surface area contributed by atoms with Crippen LogP contribution in [0.15, 0.2) is 93.8 Å². The normalized spacial score (nSPS) is 12.4. The van der Waals surface area contributed by atoms with E-state index in [-0.39, 0.29) is 121 Å². The molecule has 4 heterocycles. The molecule has 0 bridgehead atoms. The van der Waals surface area contributed by atoms with Crippen molar-refractivity contribution in [3.8, 4) is 22.6 Å². The highest BCUT2D eigenvalue weighted by atomic mass is 16.6. The molecule has 1 aliphatic rings. The fourth-order valence-electron chi connectivity index (χ4n) is 10.2. The van der Waals surface area contributed by atoms with E-state index in [1.165, 1.54) is 31.4 Å². The topological polar surface area (TPSA) is 341 Å². The molecule has 8 aromatic rings. The number of alkyl carbamates (subject to hydrolysis) is 1. The molecule has 4 aromatic carbocycles. The van der Waals surface area contributed by atoms with Crippen LogP contribution >= 0.6 is 0 Å². The molecule has 1 aliphatic carbocycles. The molecule has 4 aromatic heterocycles. The summed E-state index contributed by atoms with van der Waals surface area (Å²) in [5.74, 6) is -3.53. The Morgan fingerprint density at radius 1 is 0.690 bits per heavy atom. The maximum atomic E-state index is 14.0. The molecule has 25 nitrogen and oxygen atoms in total. The molecule has 0 fully saturated rings. The van der Waals surface area contributed by atoms with Crippen LogP contribution in [0.4, 0.5) is 16.7 Å². The van der Waals surface area contributed by atoms with E-state index in [2.05, 4.69) is 30.9 Å². The summed E-state index contributed by atoms with van der Waals surface area (Å²) in [6.45, 7) is 11.7. The van der Waals surface area contributed by atoms with Crippen LogP contribution in [0.1, 0.15) is 136 Å². The fourth-order valence-corrected chi connectivity index (χ4v) is 10.2. The van der Waals surface area contributed by atoms with Gasteiger partial charge in [0, 0.05) is 56.8 Å². The molecular formula is C62H67N11O14. The molecule has 5 amide bonds. The van der Waals surface area contributed by atoms with Gasteiger partial charge in [-0.05, 0) is 86.6 Å². The number of amides is 5. The van der Waals surface area contributed by atoms with Crippen molar-refractivity contribution in [2.24, 2.45) is 11.5 Å². The van der Waals surface area contributed by atoms with Gasteiger partial charge in [-0.15, -0.1) is 0 Å². The summed E-state index contributed by atoms with van der Waals surface area (Å²) in [5.41, 5.74) is 17.0. The molecule has 7 N–H and O–H groups in total. The van der Waals surface area contributed by atoms with Gasteiger partial charge in [0.05, 0.1) is 42.7 Å². The van der Waals surface area contributed by atoms with E-state index in [9.17, 15) is 33.6 Å². The Morgan fingerprint density at radius 2 is 1.20 bits per heavy atom. The van der Waals surface area contributed by atoms with Crippen LogP contribution in [-0.4, -0.2) is 109 Å². The molecule has 9 rings (SSSR count). The van der Waals surface area contributed by atoms with Gasteiger partial charge in [0.1, 0.15) is 40.8 Å². The molecule has 0 saturated carbocycles. The van der Waals surface area contributed by atoms with Crippen molar-refractivity contribution in [1.29, 1.82) is 0 Å². The van der Waals surface area contributed by atoms with E-state index in [1.54, 1.807) is 55.9 Å². The third kappa shape index (κ3) is 13.9. The molecule has 1 atom stereocenters. The fraction of sp³-hybridized carbons (Fsp3) is 0.339. The predicted octanol–water partition coefficient (Wildman–Crippen LogP) is 8.41. The maximum absolute atomic E-state index is 14.0. The van der Waals surface area contributed by atoms with Crippen molar-refractivity contribution >= 4 is 75.6 Å². The van der Waals surface area contributed by atoms with Crippen LogP contribution in [0, 0.1) is 13.8 Å². The summed E-state index contributed by atoms with van der Waals surface area (Å²) >= 11 is 0. The van der Waals surface area contributed by atoms with Crippen molar-refractivity contribution in [3.05, 3.63) is 142 Å². The number of esters is 2. The number of nitrogens with one attached hydrogen (secondary N) is 3. The number of allylic oxidation sites excluding steroid dienone is 2. The van der Waals surface area contributed by atoms with Gasteiger partial charge in [-0.2, -0.15) is 0 Å². The summed E-state index contributed by atoms with van der Waals surface area (Å²) in [5, 5.41) is 8.25. The van der Waals surface area contributed by atoms with Crippen LogP contribution < -0.4 is 36.9 Å². The second-order valence-electron chi connectivity index (χ2n) is 21.3. The minimum absolute atomic E-state index is 0.00184. The number of benzene rings is 4. The number of aromatic nitrogens is 6. The first kappa shape index (κ1) is 61.2. The second-order valence-corrected chi connectivity index (χ2v) is 21.3. The number of nitrogens with two attached hydrogens (primary N) is 2. The van der Waals surface area contributed by atoms with Gasteiger partial charge in [0.2, 0.25) is 35.2 Å². The summed E-state index contributed by atoms with van der Waals surface area (Å²) in [7, 11) is 1.41. The zero-order valence-corrected chi connectivity index (χ0v) is 49.4. The molecule has 0 saturated heterocycles. The summed E-state index contributed by atoms with van der Waals surface area (Å²) in [4.78, 5) is 111. The lowest BCUT2D eigenvalue weighted by molar-refractivity contribution is -0.155. The number of anilines is 2. The van der Waals surface area contributed by atoms with Gasteiger partial charge in [-0.1, -0.05) is 74.5 Å². The molecular weight excluding hydrogens is 1120 g/mol. The summed E-state index contributed by atoms with van der Waals surface area (Å²) in [6, 6.07) is 20.2. The lowest BCUT2D eigenvalue weighted by atomic mass is 9.98. The number of ether oxygens (including phenoxy) is 5. The van der Waals surface area contributed by atoms with E-state index in [0.717, 1.165) is 22.3 Å². The second kappa shape index (κ2) is 26.3. The van der Waals surface area contributed by atoms with Crippen LogP contribution in [-0.2, 0) is 49.7 Å². The highest BCUT2D eigenvalue weighted by Gasteiger charge is 2.32. The third-order valence-corrected chi connectivity index (χ3v) is 14.1. The largest absolute Gasteiger partial charge is 0.494 e. The molecule has 87 heavy (non-hydrogen) atoms. The number of hydrogen-bond acceptors (Lipinski definition) is 18. The van der Waals surface area contributed by atoms with Crippen molar-refractivity contribution in [1.82, 2.24) is 34.4 Å². The first-order chi connectivity index (χ1) is 41.6. The minimum Gasteiger partial charge on any atom is -0.494 e. The zero-order chi connectivity index (χ0) is 62.3. The quantitative estimate of drug-likeness (QED) is 0.0155. The van der Waals surface area contributed by atoms with Crippen LogP contribution in [0.2, 0.25) is 0 Å². The van der Waals surface area contributed by atoms with Gasteiger partial charge in [-0.3, -0.25) is 34.6 Å². The summed E-state index contributed by atoms with van der Waals surface area (Å²) < 4.78 is 43.6. The molecule has 0 aliphatic heterocycles. The maximum Gasteiger partial charge on any atom is 0.407 e. The smallest absolute Gasteiger partial charge is 0.407 e. The Labute approximate surface area is 499 Å².